The normalized spacial score (nSPS) is 28.8. The lowest BCUT2D eigenvalue weighted by atomic mass is 9.55. The Labute approximate surface area is 252 Å². The third kappa shape index (κ3) is 6.21. The standard InChI is InChI=1S/C28H32F10O6Si/c1-24-9-8-14-15(7-6-13-10-19(44-45(3,4)5)18(41-2)11-16(13)14)17(24)12-20(42-22(39)25(29,30)27(33,34)35)21(24)43-23(40)26(31,32)28(36,37)38/h10-11,14-15,17,20-21H,6-9,12H2,1-5H3/t14-,15+,17-,20+,21-,24-/m0/s1. The first-order valence-corrected chi connectivity index (χ1v) is 17.5. The van der Waals surface area contributed by atoms with Gasteiger partial charge < -0.3 is 18.6 Å². The maximum absolute atomic E-state index is 13.9. The smallest absolute Gasteiger partial charge is 0.465 e. The molecule has 0 aromatic heterocycles. The summed E-state index contributed by atoms with van der Waals surface area (Å²) >= 11 is 0. The van der Waals surface area contributed by atoms with Crippen molar-refractivity contribution in [2.75, 3.05) is 7.11 Å². The van der Waals surface area contributed by atoms with Gasteiger partial charge in [0, 0.05) is 5.41 Å². The number of carbonyl (C=O) groups excluding carboxylic acids is 2. The van der Waals surface area contributed by atoms with Gasteiger partial charge in [-0.05, 0) is 92.8 Å². The average Bonchev–Trinajstić information content (AvgIpc) is 3.16. The summed E-state index contributed by atoms with van der Waals surface area (Å²) in [6.07, 6.45) is -16.6. The summed E-state index contributed by atoms with van der Waals surface area (Å²) < 4.78 is 154. The minimum atomic E-state index is -6.39. The molecular formula is C28H32F10O6Si. The van der Waals surface area contributed by atoms with Gasteiger partial charge in [0.05, 0.1) is 7.11 Å². The van der Waals surface area contributed by atoms with Crippen LogP contribution in [0.2, 0.25) is 19.6 Å². The molecular weight excluding hydrogens is 650 g/mol. The van der Waals surface area contributed by atoms with E-state index in [0.29, 0.717) is 24.3 Å². The van der Waals surface area contributed by atoms with Gasteiger partial charge in [-0.25, -0.2) is 9.59 Å². The second kappa shape index (κ2) is 11.2. The molecule has 0 N–H and O–H groups in total. The van der Waals surface area contributed by atoms with E-state index in [4.69, 9.17) is 9.16 Å². The van der Waals surface area contributed by atoms with E-state index in [1.165, 1.54) is 14.0 Å². The third-order valence-corrected chi connectivity index (χ3v) is 9.89. The molecule has 3 aliphatic rings. The molecule has 0 heterocycles. The number of hydrogen-bond acceptors (Lipinski definition) is 6. The van der Waals surface area contributed by atoms with Gasteiger partial charge in [0.25, 0.3) is 0 Å². The topological polar surface area (TPSA) is 71.1 Å². The van der Waals surface area contributed by atoms with Crippen molar-refractivity contribution in [1.29, 1.82) is 0 Å². The summed E-state index contributed by atoms with van der Waals surface area (Å²) in [5.74, 6) is -18.7. The van der Waals surface area contributed by atoms with E-state index >= 15 is 0 Å². The number of aryl methyl sites for hydroxylation is 1. The number of rotatable bonds is 7. The second-order valence-corrected chi connectivity index (χ2v) is 17.5. The molecule has 0 amide bonds. The quantitative estimate of drug-likeness (QED) is 0.168. The highest BCUT2D eigenvalue weighted by Gasteiger charge is 2.70. The number of halogens is 10. The van der Waals surface area contributed by atoms with E-state index in [9.17, 15) is 53.5 Å². The average molecular weight is 683 g/mol. The Hall–Kier alpha value is -2.72. The number of carbonyl (C=O) groups is 2. The van der Waals surface area contributed by atoms with E-state index in [1.54, 1.807) is 6.07 Å². The van der Waals surface area contributed by atoms with Crippen molar-refractivity contribution < 1.29 is 72.1 Å². The fraction of sp³-hybridized carbons (Fsp3) is 0.714. The van der Waals surface area contributed by atoms with Gasteiger partial charge in [0.15, 0.2) is 5.75 Å². The zero-order chi connectivity index (χ0) is 34.1. The third-order valence-electron chi connectivity index (χ3n) is 9.05. The van der Waals surface area contributed by atoms with Crippen molar-refractivity contribution in [2.24, 2.45) is 17.3 Å². The highest BCUT2D eigenvalue weighted by molar-refractivity contribution is 6.70. The van der Waals surface area contributed by atoms with Crippen LogP contribution in [0.1, 0.15) is 49.7 Å². The van der Waals surface area contributed by atoms with Crippen LogP contribution in [0.4, 0.5) is 43.9 Å². The van der Waals surface area contributed by atoms with Crippen LogP contribution in [-0.2, 0) is 25.5 Å². The van der Waals surface area contributed by atoms with Gasteiger partial charge in [-0.15, -0.1) is 0 Å². The predicted molar refractivity (Wildman–Crippen MR) is 139 cm³/mol. The number of fused-ring (bicyclic) bond motifs is 5. The number of hydrogen-bond donors (Lipinski definition) is 0. The van der Waals surface area contributed by atoms with Crippen molar-refractivity contribution in [3.05, 3.63) is 23.3 Å². The van der Waals surface area contributed by atoms with Gasteiger partial charge in [0.2, 0.25) is 8.32 Å². The van der Waals surface area contributed by atoms with Crippen LogP contribution in [0.25, 0.3) is 0 Å². The first-order chi connectivity index (χ1) is 20.3. The molecule has 6 nitrogen and oxygen atoms in total. The van der Waals surface area contributed by atoms with Gasteiger partial charge in [0.1, 0.15) is 18.0 Å². The van der Waals surface area contributed by atoms with Gasteiger partial charge >= 0.3 is 36.1 Å². The fourth-order valence-electron chi connectivity index (χ4n) is 7.04. The largest absolute Gasteiger partial charge is 0.542 e. The van der Waals surface area contributed by atoms with E-state index in [2.05, 4.69) is 9.47 Å². The van der Waals surface area contributed by atoms with Crippen molar-refractivity contribution in [2.45, 2.75) is 101 Å². The van der Waals surface area contributed by atoms with E-state index in [0.717, 1.165) is 11.1 Å². The molecule has 0 bridgehead atoms. The van der Waals surface area contributed by atoms with Crippen molar-refractivity contribution in [3.8, 4) is 11.5 Å². The minimum absolute atomic E-state index is 0.0347. The Balaban J connectivity index is 1.71. The van der Waals surface area contributed by atoms with Crippen LogP contribution in [0.5, 0.6) is 11.5 Å². The molecule has 0 spiro atoms. The molecule has 45 heavy (non-hydrogen) atoms. The van der Waals surface area contributed by atoms with Gasteiger partial charge in [-0.1, -0.05) is 6.92 Å². The van der Waals surface area contributed by atoms with Crippen LogP contribution in [0, 0.1) is 17.3 Å². The minimum Gasteiger partial charge on any atom is -0.542 e. The number of methoxy groups -OCH3 is 1. The molecule has 0 saturated heterocycles. The Kier molecular flexibility index (Phi) is 8.76. The Morgan fingerprint density at radius 2 is 1.40 bits per heavy atom. The van der Waals surface area contributed by atoms with Crippen LogP contribution < -0.4 is 9.16 Å². The van der Waals surface area contributed by atoms with Crippen molar-refractivity contribution >= 4 is 20.3 Å². The summed E-state index contributed by atoms with van der Waals surface area (Å²) in [5.41, 5.74) is 0.223. The molecule has 0 radical (unpaired) electrons. The second-order valence-electron chi connectivity index (χ2n) is 13.0. The molecule has 2 fully saturated rings. The Morgan fingerprint density at radius 3 is 1.91 bits per heavy atom. The molecule has 254 valence electrons. The van der Waals surface area contributed by atoms with E-state index in [1.807, 2.05) is 25.7 Å². The first kappa shape index (κ1) is 35.1. The summed E-state index contributed by atoms with van der Waals surface area (Å²) in [4.78, 5) is 24.2. The molecule has 0 unspecified atom stereocenters. The number of ether oxygens (including phenoxy) is 3. The SMILES string of the molecule is COc1cc2c(cc1O[Si](C)(C)C)CC[C@@H]1[C@@H]2CC[C@@]2(C)[C@H]1C[C@@H](OC(=O)C(F)(F)C(F)(F)F)[C@@H]2OC(=O)C(F)(F)C(F)(F)F. The van der Waals surface area contributed by atoms with Crippen LogP contribution in [0.15, 0.2) is 12.1 Å². The fourth-order valence-corrected chi connectivity index (χ4v) is 7.86. The number of esters is 2. The Bertz CT molecular complexity index is 1320. The van der Waals surface area contributed by atoms with Gasteiger partial charge in [-0.2, -0.15) is 43.9 Å². The molecule has 0 aliphatic heterocycles. The Morgan fingerprint density at radius 1 is 0.844 bits per heavy atom. The van der Waals surface area contributed by atoms with Crippen molar-refractivity contribution in [3.63, 3.8) is 0 Å². The summed E-state index contributed by atoms with van der Waals surface area (Å²) in [6, 6.07) is 3.63. The van der Waals surface area contributed by atoms with Crippen LogP contribution >= 0.6 is 0 Å². The molecule has 1 aromatic carbocycles. The maximum Gasteiger partial charge on any atom is 0.465 e. The first-order valence-electron chi connectivity index (χ1n) is 14.1. The highest BCUT2D eigenvalue weighted by atomic mass is 28.4. The van der Waals surface area contributed by atoms with Crippen molar-refractivity contribution in [1.82, 2.24) is 0 Å². The van der Waals surface area contributed by atoms with Crippen LogP contribution in [0.3, 0.4) is 0 Å². The molecule has 3 aliphatic carbocycles. The van der Waals surface area contributed by atoms with Gasteiger partial charge in [-0.3, -0.25) is 0 Å². The molecule has 4 rings (SSSR count). The lowest BCUT2D eigenvalue weighted by Crippen LogP contribution is -2.53. The lowest BCUT2D eigenvalue weighted by Gasteiger charge is -2.50. The summed E-state index contributed by atoms with van der Waals surface area (Å²) in [5, 5.41) is 0. The van der Waals surface area contributed by atoms with E-state index < -0.39 is 80.3 Å². The molecule has 6 atom stereocenters. The van der Waals surface area contributed by atoms with E-state index in [-0.39, 0.29) is 18.8 Å². The zero-order valence-corrected chi connectivity index (χ0v) is 25.8. The number of alkyl halides is 10. The summed E-state index contributed by atoms with van der Waals surface area (Å²) in [7, 11) is -0.613. The predicted octanol–water partition coefficient (Wildman–Crippen LogP) is 7.59. The molecule has 2 saturated carbocycles. The molecule has 17 heteroatoms. The maximum atomic E-state index is 13.9. The summed E-state index contributed by atoms with van der Waals surface area (Å²) in [6.45, 7) is 7.29. The number of benzene rings is 1. The van der Waals surface area contributed by atoms with Crippen LogP contribution in [-0.4, -0.2) is 63.8 Å². The zero-order valence-electron chi connectivity index (χ0n) is 24.8. The lowest BCUT2D eigenvalue weighted by molar-refractivity contribution is -0.290. The monoisotopic (exact) mass is 682 g/mol. The highest BCUT2D eigenvalue weighted by Crippen LogP contribution is 2.63. The molecule has 1 aromatic rings.